The Kier molecular flexibility index (Phi) is 6.93. The molecule has 0 fully saturated rings. The Morgan fingerprint density at radius 1 is 1.50 bits per heavy atom. The van der Waals surface area contributed by atoms with Crippen LogP contribution in [0.25, 0.3) is 0 Å². The van der Waals surface area contributed by atoms with Crippen LogP contribution in [0.2, 0.25) is 0 Å². The van der Waals surface area contributed by atoms with E-state index in [0.29, 0.717) is 0 Å². The number of esters is 1. The average Bonchev–Trinajstić information content (AvgIpc) is 2.01. The number of methoxy groups -OCH3 is 1. The van der Waals surface area contributed by atoms with Gasteiger partial charge in [0, 0.05) is 0 Å². The molecule has 0 aliphatic carbocycles. The highest BCUT2D eigenvalue weighted by molar-refractivity contribution is 5.85. The predicted octanol–water partition coefficient (Wildman–Crippen LogP) is 1.50. The summed E-state index contributed by atoms with van der Waals surface area (Å²) in [4.78, 5) is 10.7. The SMILES string of the molecule is COC(=O)[C@@H](N)CC(C)C(F)(F)F.Cl. The van der Waals surface area contributed by atoms with Gasteiger partial charge in [0.05, 0.1) is 13.0 Å². The molecule has 0 bridgehead atoms. The van der Waals surface area contributed by atoms with Gasteiger partial charge in [0.25, 0.3) is 0 Å². The number of halogens is 4. The van der Waals surface area contributed by atoms with Crippen molar-refractivity contribution < 1.29 is 22.7 Å². The van der Waals surface area contributed by atoms with Crippen LogP contribution in [0.15, 0.2) is 0 Å². The molecule has 86 valence electrons. The van der Waals surface area contributed by atoms with Gasteiger partial charge < -0.3 is 10.5 Å². The summed E-state index contributed by atoms with van der Waals surface area (Å²) in [5.41, 5.74) is 5.15. The van der Waals surface area contributed by atoms with Crippen molar-refractivity contribution >= 4 is 18.4 Å². The van der Waals surface area contributed by atoms with Crippen LogP contribution in [0.3, 0.4) is 0 Å². The number of carbonyl (C=O) groups is 1. The number of hydrogen-bond acceptors (Lipinski definition) is 3. The minimum atomic E-state index is -4.31. The monoisotopic (exact) mass is 235 g/mol. The van der Waals surface area contributed by atoms with Crippen molar-refractivity contribution in [1.82, 2.24) is 0 Å². The fraction of sp³-hybridized carbons (Fsp3) is 0.857. The molecule has 2 atom stereocenters. The van der Waals surface area contributed by atoms with Crippen LogP contribution in [0.4, 0.5) is 13.2 Å². The van der Waals surface area contributed by atoms with Crippen molar-refractivity contribution in [3.8, 4) is 0 Å². The van der Waals surface area contributed by atoms with Gasteiger partial charge in [-0.05, 0) is 6.42 Å². The first kappa shape index (κ1) is 16.0. The van der Waals surface area contributed by atoms with Crippen LogP contribution in [0.5, 0.6) is 0 Å². The first-order valence-corrected chi connectivity index (χ1v) is 3.69. The molecule has 0 amide bonds. The molecule has 0 saturated heterocycles. The molecule has 0 heterocycles. The quantitative estimate of drug-likeness (QED) is 0.755. The zero-order valence-electron chi connectivity index (χ0n) is 7.80. The van der Waals surface area contributed by atoms with E-state index in [1.807, 2.05) is 0 Å². The zero-order chi connectivity index (χ0) is 10.6. The summed E-state index contributed by atoms with van der Waals surface area (Å²) in [6, 6.07) is -1.21. The Bertz CT molecular complexity index is 186. The van der Waals surface area contributed by atoms with E-state index in [2.05, 4.69) is 4.74 Å². The van der Waals surface area contributed by atoms with Gasteiger partial charge in [-0.2, -0.15) is 13.2 Å². The maximum atomic E-state index is 12.0. The molecule has 0 aromatic carbocycles. The third-order valence-corrected chi connectivity index (χ3v) is 1.67. The van der Waals surface area contributed by atoms with Crippen LogP contribution in [-0.2, 0) is 9.53 Å². The van der Waals surface area contributed by atoms with Gasteiger partial charge in [0.1, 0.15) is 6.04 Å². The van der Waals surface area contributed by atoms with Crippen molar-refractivity contribution in [1.29, 1.82) is 0 Å². The van der Waals surface area contributed by atoms with E-state index in [9.17, 15) is 18.0 Å². The summed E-state index contributed by atoms with van der Waals surface area (Å²) in [6.45, 7) is 0.975. The van der Waals surface area contributed by atoms with Gasteiger partial charge in [-0.3, -0.25) is 4.79 Å². The van der Waals surface area contributed by atoms with E-state index < -0.39 is 30.5 Å². The smallest absolute Gasteiger partial charge is 0.391 e. The maximum Gasteiger partial charge on any atom is 0.391 e. The molecule has 7 heteroatoms. The molecule has 2 N–H and O–H groups in total. The molecular formula is C7H13ClF3NO2. The van der Waals surface area contributed by atoms with E-state index in [-0.39, 0.29) is 12.4 Å². The summed E-state index contributed by atoms with van der Waals surface area (Å²) in [5, 5.41) is 0. The van der Waals surface area contributed by atoms with Crippen LogP contribution in [0.1, 0.15) is 13.3 Å². The highest BCUT2D eigenvalue weighted by atomic mass is 35.5. The molecule has 0 saturated carbocycles. The van der Waals surface area contributed by atoms with Crippen molar-refractivity contribution in [2.24, 2.45) is 11.7 Å². The first-order valence-electron chi connectivity index (χ1n) is 3.69. The lowest BCUT2D eigenvalue weighted by atomic mass is 10.0. The molecule has 1 unspecified atom stereocenters. The number of nitrogens with two attached hydrogens (primary N) is 1. The fourth-order valence-corrected chi connectivity index (χ4v) is 0.762. The minimum Gasteiger partial charge on any atom is -0.468 e. The van der Waals surface area contributed by atoms with Gasteiger partial charge in [-0.1, -0.05) is 6.92 Å². The van der Waals surface area contributed by atoms with Gasteiger partial charge in [0.15, 0.2) is 0 Å². The van der Waals surface area contributed by atoms with Crippen LogP contribution >= 0.6 is 12.4 Å². The number of hydrogen-bond donors (Lipinski definition) is 1. The molecule has 3 nitrogen and oxygen atoms in total. The molecule has 0 aliphatic rings. The number of alkyl halides is 3. The Morgan fingerprint density at radius 2 is 1.93 bits per heavy atom. The highest BCUT2D eigenvalue weighted by Crippen LogP contribution is 2.28. The van der Waals surface area contributed by atoms with Crippen LogP contribution in [-0.4, -0.2) is 25.3 Å². The maximum absolute atomic E-state index is 12.0. The largest absolute Gasteiger partial charge is 0.468 e. The van der Waals surface area contributed by atoms with E-state index >= 15 is 0 Å². The topological polar surface area (TPSA) is 52.3 Å². The highest BCUT2D eigenvalue weighted by Gasteiger charge is 2.37. The average molecular weight is 236 g/mol. The van der Waals surface area contributed by atoms with E-state index in [1.54, 1.807) is 0 Å². The molecule has 0 aromatic rings. The Hall–Kier alpha value is -0.490. The summed E-state index contributed by atoms with van der Waals surface area (Å²) in [7, 11) is 1.08. The fourth-order valence-electron chi connectivity index (χ4n) is 0.762. The van der Waals surface area contributed by atoms with Crippen molar-refractivity contribution in [2.75, 3.05) is 7.11 Å². The molecule has 14 heavy (non-hydrogen) atoms. The van der Waals surface area contributed by atoms with Gasteiger partial charge in [0.2, 0.25) is 0 Å². The lowest BCUT2D eigenvalue weighted by Gasteiger charge is -2.18. The Labute approximate surface area is 86.2 Å². The molecule has 0 aliphatic heterocycles. The van der Waals surface area contributed by atoms with Crippen molar-refractivity contribution in [3.63, 3.8) is 0 Å². The normalized spacial score (nSPS) is 15.3. The standard InChI is InChI=1S/C7H12F3NO2.ClH/c1-4(7(8,9)10)3-5(11)6(12)13-2;/h4-5H,3,11H2,1-2H3;1H/t4?,5-;/m0./s1. The van der Waals surface area contributed by atoms with Crippen molar-refractivity contribution in [2.45, 2.75) is 25.6 Å². The van der Waals surface area contributed by atoms with Gasteiger partial charge >= 0.3 is 12.1 Å². The second-order valence-corrected chi connectivity index (χ2v) is 2.81. The van der Waals surface area contributed by atoms with Crippen LogP contribution < -0.4 is 5.73 Å². The third-order valence-electron chi connectivity index (χ3n) is 1.67. The van der Waals surface area contributed by atoms with E-state index in [4.69, 9.17) is 5.73 Å². The number of ether oxygens (including phenoxy) is 1. The third kappa shape index (κ3) is 5.29. The Balaban J connectivity index is 0. The lowest BCUT2D eigenvalue weighted by molar-refractivity contribution is -0.174. The first-order chi connectivity index (χ1) is 5.79. The van der Waals surface area contributed by atoms with Gasteiger partial charge in [-0.15, -0.1) is 12.4 Å². The molecular weight excluding hydrogens is 223 g/mol. The molecule has 0 aromatic heterocycles. The number of rotatable bonds is 3. The summed E-state index contributed by atoms with van der Waals surface area (Å²) in [6.07, 6.45) is -4.76. The lowest BCUT2D eigenvalue weighted by Crippen LogP contribution is -2.36. The zero-order valence-corrected chi connectivity index (χ0v) is 8.61. The summed E-state index contributed by atoms with van der Waals surface area (Å²) in [5.74, 6) is -2.42. The second-order valence-electron chi connectivity index (χ2n) is 2.81. The Morgan fingerprint density at radius 3 is 2.21 bits per heavy atom. The minimum absolute atomic E-state index is 0. The predicted molar refractivity (Wildman–Crippen MR) is 47.1 cm³/mol. The van der Waals surface area contributed by atoms with Crippen molar-refractivity contribution in [3.05, 3.63) is 0 Å². The number of carbonyl (C=O) groups excluding carboxylic acids is 1. The second kappa shape index (κ2) is 6.08. The molecule has 0 spiro atoms. The van der Waals surface area contributed by atoms with Gasteiger partial charge in [-0.25, -0.2) is 0 Å². The molecule has 0 radical (unpaired) electrons. The molecule has 0 rings (SSSR count). The summed E-state index contributed by atoms with van der Waals surface area (Å²) < 4.78 is 40.1. The van der Waals surface area contributed by atoms with E-state index in [1.165, 1.54) is 0 Å². The van der Waals surface area contributed by atoms with Crippen LogP contribution in [0, 0.1) is 5.92 Å². The van der Waals surface area contributed by atoms with E-state index in [0.717, 1.165) is 14.0 Å². The summed E-state index contributed by atoms with van der Waals surface area (Å²) >= 11 is 0.